The molecule has 0 fully saturated rings. The Kier molecular flexibility index (Phi) is 4.92. The molecule has 2 aromatic heterocycles. The van der Waals surface area contributed by atoms with E-state index in [2.05, 4.69) is 25.6 Å². The van der Waals surface area contributed by atoms with E-state index in [1.165, 1.54) is 17.7 Å². The summed E-state index contributed by atoms with van der Waals surface area (Å²) in [5, 5.41) is 18.2. The monoisotopic (exact) mass is 408 g/mol. The fourth-order valence-corrected chi connectivity index (χ4v) is 3.76. The number of methoxy groups -OCH3 is 1. The van der Waals surface area contributed by atoms with E-state index in [0.29, 0.717) is 16.6 Å². The first kappa shape index (κ1) is 18.6. The Labute approximate surface area is 169 Å². The Hall–Kier alpha value is -3.79. The van der Waals surface area contributed by atoms with Crippen LogP contribution >= 0.6 is 11.3 Å². The van der Waals surface area contributed by atoms with Crippen molar-refractivity contribution in [2.24, 2.45) is 0 Å². The van der Waals surface area contributed by atoms with Gasteiger partial charge in [-0.3, -0.25) is 10.1 Å². The van der Waals surface area contributed by atoms with Crippen LogP contribution in [0.1, 0.15) is 5.56 Å². The zero-order valence-corrected chi connectivity index (χ0v) is 16.4. The van der Waals surface area contributed by atoms with Gasteiger partial charge in [-0.15, -0.1) is 0 Å². The van der Waals surface area contributed by atoms with Crippen LogP contribution in [0.2, 0.25) is 0 Å². The second-order valence-corrected chi connectivity index (χ2v) is 7.13. The highest BCUT2D eigenvalue weighted by atomic mass is 32.1. The molecule has 0 aliphatic heterocycles. The minimum absolute atomic E-state index is 0.0621. The second kappa shape index (κ2) is 7.68. The third kappa shape index (κ3) is 3.78. The third-order valence-electron chi connectivity index (χ3n) is 4.18. The number of hydrogen-bond acceptors (Lipinski definition) is 9. The van der Waals surface area contributed by atoms with Gasteiger partial charge in [0.25, 0.3) is 0 Å². The van der Waals surface area contributed by atoms with Gasteiger partial charge >= 0.3 is 5.69 Å². The summed E-state index contributed by atoms with van der Waals surface area (Å²) >= 11 is 1.40. The van der Waals surface area contributed by atoms with Gasteiger partial charge in [0.1, 0.15) is 12.1 Å². The van der Waals surface area contributed by atoms with Crippen LogP contribution in [-0.4, -0.2) is 27.0 Å². The van der Waals surface area contributed by atoms with Gasteiger partial charge in [-0.1, -0.05) is 29.5 Å². The summed E-state index contributed by atoms with van der Waals surface area (Å²) in [7, 11) is 1.55. The van der Waals surface area contributed by atoms with Crippen molar-refractivity contribution in [1.82, 2.24) is 15.0 Å². The summed E-state index contributed by atoms with van der Waals surface area (Å²) in [5.74, 6) is 0.750. The van der Waals surface area contributed by atoms with Crippen molar-refractivity contribution in [2.45, 2.75) is 6.92 Å². The number of nitro groups is 1. The van der Waals surface area contributed by atoms with Crippen LogP contribution in [-0.2, 0) is 0 Å². The summed E-state index contributed by atoms with van der Waals surface area (Å²) in [6.07, 6.45) is 1.26. The molecule has 4 rings (SSSR count). The fourth-order valence-electron chi connectivity index (χ4n) is 2.81. The van der Waals surface area contributed by atoms with Crippen molar-refractivity contribution < 1.29 is 9.66 Å². The summed E-state index contributed by atoms with van der Waals surface area (Å²) < 4.78 is 6.17. The number of aryl methyl sites for hydroxylation is 1. The Bertz CT molecular complexity index is 1210. The molecule has 2 N–H and O–H groups in total. The van der Waals surface area contributed by atoms with E-state index >= 15 is 0 Å². The Morgan fingerprint density at radius 3 is 2.59 bits per heavy atom. The van der Waals surface area contributed by atoms with Gasteiger partial charge in [0.2, 0.25) is 11.6 Å². The lowest BCUT2D eigenvalue weighted by Gasteiger charge is -2.09. The normalized spacial score (nSPS) is 10.7. The topological polar surface area (TPSA) is 115 Å². The van der Waals surface area contributed by atoms with E-state index in [1.807, 2.05) is 25.1 Å². The highest BCUT2D eigenvalue weighted by molar-refractivity contribution is 7.22. The number of para-hydroxylation sites is 1. The first-order valence-corrected chi connectivity index (χ1v) is 9.40. The number of anilines is 4. The Morgan fingerprint density at radius 2 is 1.86 bits per heavy atom. The van der Waals surface area contributed by atoms with E-state index in [4.69, 9.17) is 4.74 Å². The van der Waals surface area contributed by atoms with E-state index in [9.17, 15) is 10.1 Å². The van der Waals surface area contributed by atoms with Gasteiger partial charge in [-0.05, 0) is 30.7 Å². The predicted octanol–water partition coefficient (Wildman–Crippen LogP) is 4.80. The first-order chi connectivity index (χ1) is 14.0. The largest absolute Gasteiger partial charge is 0.497 e. The lowest BCUT2D eigenvalue weighted by Crippen LogP contribution is -2.05. The van der Waals surface area contributed by atoms with Gasteiger partial charge in [0.15, 0.2) is 5.13 Å². The van der Waals surface area contributed by atoms with Crippen LogP contribution in [0.25, 0.3) is 10.2 Å². The SMILES string of the molecule is COc1cccc(Nc2ncnc(Nc3nc4c(C)cccc4s3)c2[N+](=O)[O-])c1. The molecule has 0 saturated carbocycles. The van der Waals surface area contributed by atoms with E-state index in [0.717, 1.165) is 15.8 Å². The molecule has 10 heteroatoms. The number of hydrogen-bond donors (Lipinski definition) is 2. The molecular formula is C19H16N6O3S. The number of nitrogens with zero attached hydrogens (tertiary/aromatic N) is 4. The molecule has 9 nitrogen and oxygen atoms in total. The predicted molar refractivity (Wildman–Crippen MR) is 113 cm³/mol. The third-order valence-corrected chi connectivity index (χ3v) is 5.12. The molecule has 0 bridgehead atoms. The molecule has 0 aliphatic carbocycles. The molecule has 4 aromatic rings. The maximum atomic E-state index is 11.8. The maximum Gasteiger partial charge on any atom is 0.353 e. The number of thiazole rings is 1. The highest BCUT2D eigenvalue weighted by Gasteiger charge is 2.24. The van der Waals surface area contributed by atoms with Crippen LogP contribution in [0.15, 0.2) is 48.8 Å². The van der Waals surface area contributed by atoms with Crippen LogP contribution in [0, 0.1) is 17.0 Å². The standard InChI is InChI=1S/C19H16N6O3S/c1-11-5-3-8-14-15(11)23-19(29-14)24-18-16(25(26)27)17(20-10-21-18)22-12-6-4-7-13(9-12)28-2/h3-10H,1-2H3,(H2,20,21,22,23,24). The molecule has 0 saturated heterocycles. The molecule has 0 unspecified atom stereocenters. The minimum atomic E-state index is -0.524. The molecule has 2 aromatic carbocycles. The van der Waals surface area contributed by atoms with Crippen molar-refractivity contribution in [2.75, 3.05) is 17.7 Å². The van der Waals surface area contributed by atoms with Crippen molar-refractivity contribution in [3.8, 4) is 5.75 Å². The highest BCUT2D eigenvalue weighted by Crippen LogP contribution is 2.36. The Balaban J connectivity index is 1.70. The zero-order valence-electron chi connectivity index (χ0n) is 15.5. The molecule has 0 spiro atoms. The average Bonchev–Trinajstić information content (AvgIpc) is 3.12. The van der Waals surface area contributed by atoms with E-state index in [-0.39, 0.29) is 17.3 Å². The van der Waals surface area contributed by atoms with Crippen LogP contribution in [0.5, 0.6) is 5.75 Å². The lowest BCUT2D eigenvalue weighted by molar-refractivity contribution is -0.383. The van der Waals surface area contributed by atoms with Gasteiger partial charge < -0.3 is 15.4 Å². The molecule has 0 atom stereocenters. The first-order valence-electron chi connectivity index (χ1n) is 8.59. The summed E-state index contributed by atoms with van der Waals surface area (Å²) in [4.78, 5) is 23.9. The number of nitrogens with one attached hydrogen (secondary N) is 2. The van der Waals surface area contributed by atoms with E-state index in [1.54, 1.807) is 31.4 Å². The van der Waals surface area contributed by atoms with E-state index < -0.39 is 4.92 Å². The smallest absolute Gasteiger partial charge is 0.353 e. The average molecular weight is 408 g/mol. The molecule has 0 radical (unpaired) electrons. The maximum absolute atomic E-state index is 11.8. The van der Waals surface area contributed by atoms with Gasteiger partial charge in [0, 0.05) is 11.8 Å². The molecule has 29 heavy (non-hydrogen) atoms. The van der Waals surface area contributed by atoms with Gasteiger partial charge in [-0.25, -0.2) is 15.0 Å². The number of benzene rings is 2. The van der Waals surface area contributed by atoms with Crippen molar-refractivity contribution >= 4 is 49.7 Å². The van der Waals surface area contributed by atoms with Gasteiger partial charge in [0.05, 0.1) is 22.2 Å². The van der Waals surface area contributed by atoms with Crippen molar-refractivity contribution in [3.05, 3.63) is 64.5 Å². The summed E-state index contributed by atoms with van der Waals surface area (Å²) in [5.41, 5.74) is 2.22. The number of fused-ring (bicyclic) bond motifs is 1. The number of rotatable bonds is 6. The van der Waals surface area contributed by atoms with Gasteiger partial charge in [-0.2, -0.15) is 0 Å². The summed E-state index contributed by atoms with van der Waals surface area (Å²) in [6.45, 7) is 1.97. The molecule has 146 valence electrons. The summed E-state index contributed by atoms with van der Waals surface area (Å²) in [6, 6.07) is 12.9. The molecular weight excluding hydrogens is 392 g/mol. The molecule has 0 aliphatic rings. The number of aromatic nitrogens is 3. The fraction of sp³-hybridized carbons (Fsp3) is 0.105. The quantitative estimate of drug-likeness (QED) is 0.345. The number of ether oxygens (including phenoxy) is 1. The zero-order chi connectivity index (χ0) is 20.4. The lowest BCUT2D eigenvalue weighted by atomic mass is 10.2. The Morgan fingerprint density at radius 1 is 1.10 bits per heavy atom. The van der Waals surface area contributed by atoms with Crippen LogP contribution in [0.4, 0.5) is 28.1 Å². The van der Waals surface area contributed by atoms with Crippen molar-refractivity contribution in [3.63, 3.8) is 0 Å². The van der Waals surface area contributed by atoms with Crippen LogP contribution in [0.3, 0.4) is 0 Å². The minimum Gasteiger partial charge on any atom is -0.497 e. The molecule has 2 heterocycles. The van der Waals surface area contributed by atoms with Crippen LogP contribution < -0.4 is 15.4 Å². The van der Waals surface area contributed by atoms with Crippen molar-refractivity contribution in [1.29, 1.82) is 0 Å². The molecule has 0 amide bonds. The second-order valence-electron chi connectivity index (χ2n) is 6.10.